The number of carbonyl (C=O) groups is 3. The van der Waals surface area contributed by atoms with Gasteiger partial charge in [0.05, 0.1) is 0 Å². The van der Waals surface area contributed by atoms with Gasteiger partial charge in [0, 0.05) is 29.1 Å². The predicted molar refractivity (Wildman–Crippen MR) is 151 cm³/mol. The Morgan fingerprint density at radius 3 is 0.774 bits per heavy atom. The zero-order chi connectivity index (χ0) is 20.4. The minimum Gasteiger partial charge on any atom is -0.299 e. The molecule has 3 heteroatoms. The fourth-order valence-electron chi connectivity index (χ4n) is 1.13. The molecule has 0 aromatic carbocycles. The average molecular weight is 455 g/mol. The molecule has 0 saturated carbocycles. The van der Waals surface area contributed by atoms with Crippen molar-refractivity contribution in [1.82, 2.24) is 0 Å². The van der Waals surface area contributed by atoms with Crippen LogP contribution in [0.2, 0.25) is 0 Å². The van der Waals surface area contributed by atoms with Crippen molar-refractivity contribution in [2.75, 3.05) is 0 Å². The number of Topliss-reactive ketones (excluding diaryl/α,β-unsaturated/α-hetero) is 3. The maximum atomic E-state index is 11.1. The summed E-state index contributed by atoms with van der Waals surface area (Å²) in [4.78, 5) is 32.4. The summed E-state index contributed by atoms with van der Waals surface area (Å²) in [6, 6.07) is 0. The molecule has 0 bridgehead atoms. The van der Waals surface area contributed by atoms with Crippen molar-refractivity contribution in [3.63, 3.8) is 0 Å². The Labute approximate surface area is 202 Å². The van der Waals surface area contributed by atoms with Crippen LogP contribution in [-0.4, -0.2) is 17.3 Å². The van der Waals surface area contributed by atoms with Gasteiger partial charge in [0.1, 0.15) is 17.3 Å². The second kappa shape index (κ2) is 27.0. The van der Waals surface area contributed by atoms with Crippen LogP contribution in [0.4, 0.5) is 0 Å². The zero-order valence-electron chi connectivity index (χ0n) is 18.3. The molecule has 0 fully saturated rings. The molecule has 3 nitrogen and oxygen atoms in total. The van der Waals surface area contributed by atoms with Crippen LogP contribution in [0.1, 0.15) is 154 Å². The standard InChI is InChI=1S/C8H16O.C7H14O.C6H12O.7CH4/c1-5-6-7(9)8(2,3)4;1-5-6(8)7(2,3)4;1-5(7)6(2,3)4;;;;;;;/h5-6H2,1-4H3;5H2,1-4H3;1-4H3;7*1H4. The number of ketones is 3. The highest BCUT2D eigenvalue weighted by Gasteiger charge is 2.19. The lowest BCUT2D eigenvalue weighted by Gasteiger charge is -2.15. The Balaban J connectivity index is -0.0000000241. The molecule has 0 aromatic heterocycles. The second-order valence-electron chi connectivity index (χ2n) is 9.26. The molecule has 0 aromatic rings. The monoisotopic (exact) mass is 455 g/mol. The topological polar surface area (TPSA) is 51.2 Å². The van der Waals surface area contributed by atoms with Crippen molar-refractivity contribution in [3.8, 4) is 0 Å². The fourth-order valence-corrected chi connectivity index (χ4v) is 1.13. The van der Waals surface area contributed by atoms with Crippen LogP contribution < -0.4 is 0 Å². The quantitative estimate of drug-likeness (QED) is 0.426. The van der Waals surface area contributed by atoms with Gasteiger partial charge in [0.2, 0.25) is 0 Å². The molecule has 0 saturated heterocycles. The Morgan fingerprint density at radius 1 is 0.516 bits per heavy atom. The maximum absolute atomic E-state index is 11.1. The number of hydrogen-bond acceptors (Lipinski definition) is 3. The highest BCUT2D eigenvalue weighted by molar-refractivity contribution is 5.83. The molecule has 0 aliphatic carbocycles. The first-order valence-corrected chi connectivity index (χ1v) is 8.98. The third-order valence-electron chi connectivity index (χ3n) is 3.53. The lowest BCUT2D eigenvalue weighted by molar-refractivity contribution is -0.126. The normalized spacial score (nSPS) is 8.90. The van der Waals surface area contributed by atoms with Crippen LogP contribution in [0.3, 0.4) is 0 Å². The van der Waals surface area contributed by atoms with Gasteiger partial charge in [0.25, 0.3) is 0 Å². The third-order valence-corrected chi connectivity index (χ3v) is 3.53. The molecule has 0 amide bonds. The summed E-state index contributed by atoms with van der Waals surface area (Å²) in [6.45, 7) is 23.0. The predicted octanol–water partition coefficient (Wildman–Crippen LogP) is 10.5. The van der Waals surface area contributed by atoms with Crippen molar-refractivity contribution >= 4 is 17.3 Å². The minimum absolute atomic E-state index is 0. The number of carbonyl (C=O) groups excluding carboxylic acids is 3. The highest BCUT2D eigenvalue weighted by Crippen LogP contribution is 2.17. The summed E-state index contributed by atoms with van der Waals surface area (Å²) >= 11 is 0. The summed E-state index contributed by atoms with van der Waals surface area (Å²) in [7, 11) is 0. The SMILES string of the molecule is C.C.C.C.C.C.C.CC(=O)C(C)(C)C.CCC(=O)C(C)(C)C.CCCC(=O)C(C)(C)C. The van der Waals surface area contributed by atoms with Gasteiger partial charge in [-0.1, -0.05) is 128 Å². The van der Waals surface area contributed by atoms with Crippen LogP contribution >= 0.6 is 0 Å². The lowest BCUT2D eigenvalue weighted by atomic mass is 9.88. The molecule has 0 heterocycles. The smallest absolute Gasteiger partial charge is 0.138 e. The van der Waals surface area contributed by atoms with E-state index in [1.54, 1.807) is 6.92 Å². The minimum atomic E-state index is -0.139. The second-order valence-corrected chi connectivity index (χ2v) is 9.26. The first-order chi connectivity index (χ1) is 10.4. The molecular formula is C28H70O3. The van der Waals surface area contributed by atoms with Crippen LogP contribution in [0.25, 0.3) is 0 Å². The van der Waals surface area contributed by atoms with Gasteiger partial charge in [-0.25, -0.2) is 0 Å². The van der Waals surface area contributed by atoms with E-state index in [0.29, 0.717) is 18.0 Å². The molecule has 0 aliphatic heterocycles. The Hall–Kier alpha value is -0.990. The van der Waals surface area contributed by atoms with E-state index >= 15 is 0 Å². The maximum Gasteiger partial charge on any atom is 0.138 e. The lowest BCUT2D eigenvalue weighted by Crippen LogP contribution is -2.19. The zero-order valence-corrected chi connectivity index (χ0v) is 18.3. The largest absolute Gasteiger partial charge is 0.299 e. The van der Waals surface area contributed by atoms with Crippen molar-refractivity contribution in [2.45, 2.75) is 154 Å². The summed E-state index contributed by atoms with van der Waals surface area (Å²) in [5.41, 5.74) is -0.398. The Kier molecular flexibility index (Phi) is 55.0. The van der Waals surface area contributed by atoms with Crippen molar-refractivity contribution in [3.05, 3.63) is 0 Å². The summed E-state index contributed by atoms with van der Waals surface area (Å²) in [5.74, 6) is 0.940. The number of rotatable bonds is 3. The summed E-state index contributed by atoms with van der Waals surface area (Å²) in [5, 5.41) is 0. The fraction of sp³-hybridized carbons (Fsp3) is 0.893. The van der Waals surface area contributed by atoms with Crippen LogP contribution in [0.5, 0.6) is 0 Å². The van der Waals surface area contributed by atoms with E-state index in [2.05, 4.69) is 0 Å². The molecule has 0 aliphatic rings. The molecule has 0 radical (unpaired) electrons. The molecular weight excluding hydrogens is 384 g/mol. The molecule has 31 heavy (non-hydrogen) atoms. The Morgan fingerprint density at radius 2 is 0.742 bits per heavy atom. The molecule has 0 atom stereocenters. The molecule has 0 unspecified atom stereocenters. The van der Waals surface area contributed by atoms with Gasteiger partial charge >= 0.3 is 0 Å². The Bertz CT molecular complexity index is 386. The molecule has 0 spiro atoms. The first-order valence-electron chi connectivity index (χ1n) is 8.98. The van der Waals surface area contributed by atoms with Gasteiger partial charge < -0.3 is 0 Å². The van der Waals surface area contributed by atoms with E-state index in [9.17, 15) is 14.4 Å². The van der Waals surface area contributed by atoms with E-state index < -0.39 is 0 Å². The van der Waals surface area contributed by atoms with Crippen molar-refractivity contribution < 1.29 is 14.4 Å². The van der Waals surface area contributed by atoms with Crippen LogP contribution in [0.15, 0.2) is 0 Å². The third kappa shape index (κ3) is 43.7. The molecule has 200 valence electrons. The van der Waals surface area contributed by atoms with Crippen LogP contribution in [0, 0.1) is 16.2 Å². The van der Waals surface area contributed by atoms with Crippen LogP contribution in [-0.2, 0) is 14.4 Å². The summed E-state index contributed by atoms with van der Waals surface area (Å²) in [6.07, 6.45) is 2.35. The van der Waals surface area contributed by atoms with Gasteiger partial charge in [-0.3, -0.25) is 14.4 Å². The van der Waals surface area contributed by atoms with Crippen molar-refractivity contribution in [1.29, 1.82) is 0 Å². The van der Waals surface area contributed by atoms with Gasteiger partial charge in [0.15, 0.2) is 0 Å². The van der Waals surface area contributed by atoms with Gasteiger partial charge in [-0.2, -0.15) is 0 Å². The van der Waals surface area contributed by atoms with E-state index in [1.807, 2.05) is 76.2 Å². The van der Waals surface area contributed by atoms with Crippen molar-refractivity contribution in [2.24, 2.45) is 16.2 Å². The van der Waals surface area contributed by atoms with Gasteiger partial charge in [-0.05, 0) is 13.3 Å². The molecule has 0 rings (SSSR count). The van der Waals surface area contributed by atoms with E-state index in [1.165, 1.54) is 0 Å². The first kappa shape index (κ1) is 63.1. The average Bonchev–Trinajstić information content (AvgIpc) is 2.36. The number of hydrogen-bond donors (Lipinski definition) is 0. The van der Waals surface area contributed by atoms with E-state index in [-0.39, 0.29) is 74.0 Å². The van der Waals surface area contributed by atoms with E-state index in [0.717, 1.165) is 12.8 Å². The molecule has 0 N–H and O–H groups in total. The van der Waals surface area contributed by atoms with Gasteiger partial charge in [-0.15, -0.1) is 0 Å². The summed E-state index contributed by atoms with van der Waals surface area (Å²) < 4.78 is 0. The highest BCUT2D eigenvalue weighted by atomic mass is 16.1. The van der Waals surface area contributed by atoms with E-state index in [4.69, 9.17) is 0 Å².